The summed E-state index contributed by atoms with van der Waals surface area (Å²) in [5.74, 6) is 2.51. The van der Waals surface area contributed by atoms with Crippen molar-refractivity contribution in [2.75, 3.05) is 6.79 Å². The summed E-state index contributed by atoms with van der Waals surface area (Å²) in [4.78, 5) is 0. The molecule has 4 nitrogen and oxygen atoms in total. The molecular weight excluding hydrogens is 310 g/mol. The van der Waals surface area contributed by atoms with Gasteiger partial charge in [0.05, 0.1) is 12.3 Å². The van der Waals surface area contributed by atoms with Gasteiger partial charge >= 0.3 is 0 Å². The van der Waals surface area contributed by atoms with Crippen LogP contribution in [0.2, 0.25) is 0 Å². The van der Waals surface area contributed by atoms with Crippen molar-refractivity contribution in [2.24, 2.45) is 0 Å². The average Bonchev–Trinajstić information content (AvgIpc) is 3.06. The minimum absolute atomic E-state index is 0.160. The van der Waals surface area contributed by atoms with Crippen LogP contribution in [-0.4, -0.2) is 6.79 Å². The molecule has 1 aliphatic rings. The topological polar surface area (TPSA) is 43.6 Å². The van der Waals surface area contributed by atoms with E-state index in [9.17, 15) is 0 Å². The molecule has 0 saturated carbocycles. The van der Waals surface area contributed by atoms with E-state index >= 15 is 0 Å². The Hall–Kier alpha value is -1.46. The van der Waals surface area contributed by atoms with Gasteiger partial charge in [-0.15, -0.1) is 0 Å². The number of nitrogens with one attached hydrogen (secondary N) is 1. The van der Waals surface area contributed by atoms with Crippen molar-refractivity contribution in [3.05, 3.63) is 46.3 Å². The van der Waals surface area contributed by atoms with E-state index in [2.05, 4.69) is 28.2 Å². The van der Waals surface area contributed by atoms with Gasteiger partial charge < -0.3 is 19.2 Å². The van der Waals surface area contributed by atoms with Crippen LogP contribution in [0, 0.1) is 0 Å². The molecule has 1 aliphatic heterocycles. The van der Waals surface area contributed by atoms with Crippen molar-refractivity contribution in [1.29, 1.82) is 0 Å². The number of benzene rings is 1. The van der Waals surface area contributed by atoms with Crippen molar-refractivity contribution < 1.29 is 13.9 Å². The summed E-state index contributed by atoms with van der Waals surface area (Å²) in [6.07, 6.45) is 1.68. The largest absolute Gasteiger partial charge is 0.468 e. The molecule has 2 heterocycles. The number of ether oxygens (including phenoxy) is 2. The number of hydrogen-bond acceptors (Lipinski definition) is 4. The molecule has 1 N–H and O–H groups in total. The lowest BCUT2D eigenvalue weighted by atomic mass is 10.2. The van der Waals surface area contributed by atoms with Crippen molar-refractivity contribution in [3.8, 4) is 11.5 Å². The Morgan fingerprint density at radius 3 is 2.84 bits per heavy atom. The Bertz CT molecular complexity index is 568. The van der Waals surface area contributed by atoms with E-state index in [0.717, 1.165) is 33.8 Å². The molecule has 0 unspecified atom stereocenters. The molecule has 0 spiro atoms. The van der Waals surface area contributed by atoms with Crippen LogP contribution in [0.3, 0.4) is 0 Å². The Balaban J connectivity index is 1.70. The maximum absolute atomic E-state index is 5.38. The van der Waals surface area contributed by atoms with E-state index in [-0.39, 0.29) is 6.04 Å². The van der Waals surface area contributed by atoms with Gasteiger partial charge in [0.2, 0.25) is 6.79 Å². The highest BCUT2D eigenvalue weighted by molar-refractivity contribution is 9.10. The summed E-state index contributed by atoms with van der Waals surface area (Å²) in [5.41, 5.74) is 1.13. The molecule has 3 rings (SSSR count). The lowest BCUT2D eigenvalue weighted by molar-refractivity contribution is 0.174. The van der Waals surface area contributed by atoms with Gasteiger partial charge in [-0.1, -0.05) is 15.9 Å². The zero-order valence-electron chi connectivity index (χ0n) is 10.5. The molecule has 1 atom stereocenters. The fraction of sp³-hybridized carbons (Fsp3) is 0.286. The van der Waals surface area contributed by atoms with E-state index in [0.29, 0.717) is 6.79 Å². The number of hydrogen-bond donors (Lipinski definition) is 1. The molecule has 0 bridgehead atoms. The molecule has 100 valence electrons. The molecular formula is C14H14BrNO3. The Labute approximate surface area is 119 Å². The minimum atomic E-state index is 0.160. The Kier molecular flexibility index (Phi) is 3.48. The molecule has 0 saturated heterocycles. The fourth-order valence-electron chi connectivity index (χ4n) is 2.00. The third-order valence-corrected chi connectivity index (χ3v) is 3.85. The van der Waals surface area contributed by atoms with Crippen LogP contribution in [0.15, 0.2) is 39.4 Å². The van der Waals surface area contributed by atoms with Gasteiger partial charge in [0.1, 0.15) is 5.76 Å². The van der Waals surface area contributed by atoms with Crippen LogP contribution in [0.4, 0.5) is 0 Å². The third kappa shape index (κ3) is 2.62. The molecule has 0 aliphatic carbocycles. The normalized spacial score (nSPS) is 14.6. The van der Waals surface area contributed by atoms with Gasteiger partial charge in [0, 0.05) is 11.0 Å². The summed E-state index contributed by atoms with van der Waals surface area (Å²) < 4.78 is 17.1. The first-order valence-corrected chi connectivity index (χ1v) is 6.88. The van der Waals surface area contributed by atoms with Gasteiger partial charge in [-0.25, -0.2) is 0 Å². The smallest absolute Gasteiger partial charge is 0.231 e. The van der Waals surface area contributed by atoms with E-state index in [4.69, 9.17) is 13.9 Å². The van der Waals surface area contributed by atoms with E-state index < -0.39 is 0 Å². The molecule has 5 heteroatoms. The molecule has 1 aromatic heterocycles. The van der Waals surface area contributed by atoms with Crippen molar-refractivity contribution in [1.82, 2.24) is 5.32 Å². The monoisotopic (exact) mass is 323 g/mol. The summed E-state index contributed by atoms with van der Waals surface area (Å²) in [7, 11) is 0. The van der Waals surface area contributed by atoms with Gasteiger partial charge in [-0.05, 0) is 36.8 Å². The molecule has 0 radical (unpaired) electrons. The standard InChI is InChI=1S/C14H14BrNO3/c1-9(12-3-2-4-17-12)16-7-10-5-13-14(6-11(10)15)19-8-18-13/h2-6,9,16H,7-8H2,1H3/t9-/m1/s1. The molecule has 19 heavy (non-hydrogen) atoms. The van der Waals surface area contributed by atoms with E-state index in [1.54, 1.807) is 6.26 Å². The first kappa shape index (κ1) is 12.6. The zero-order chi connectivity index (χ0) is 13.2. The van der Waals surface area contributed by atoms with E-state index in [1.807, 2.05) is 24.3 Å². The SMILES string of the molecule is C[C@@H](NCc1cc2c(cc1Br)OCO2)c1ccco1. The maximum Gasteiger partial charge on any atom is 0.231 e. The summed E-state index contributed by atoms with van der Waals surface area (Å²) in [5, 5.41) is 3.41. The second kappa shape index (κ2) is 5.27. The highest BCUT2D eigenvalue weighted by Crippen LogP contribution is 2.37. The summed E-state index contributed by atoms with van der Waals surface area (Å²) in [6, 6.07) is 7.95. The average molecular weight is 324 g/mol. The highest BCUT2D eigenvalue weighted by Gasteiger charge is 2.17. The summed E-state index contributed by atoms with van der Waals surface area (Å²) in [6.45, 7) is 3.08. The summed E-state index contributed by atoms with van der Waals surface area (Å²) >= 11 is 3.55. The predicted octanol–water partition coefficient (Wildman–Crippen LogP) is 3.62. The van der Waals surface area contributed by atoms with Gasteiger partial charge in [-0.3, -0.25) is 0 Å². The van der Waals surface area contributed by atoms with Crippen LogP contribution in [0.5, 0.6) is 11.5 Å². The number of rotatable bonds is 4. The second-order valence-electron chi connectivity index (χ2n) is 4.41. The van der Waals surface area contributed by atoms with Crippen molar-refractivity contribution in [3.63, 3.8) is 0 Å². The molecule has 1 aromatic carbocycles. The van der Waals surface area contributed by atoms with Crippen LogP contribution < -0.4 is 14.8 Å². The Morgan fingerprint density at radius 1 is 1.32 bits per heavy atom. The number of fused-ring (bicyclic) bond motifs is 1. The van der Waals surface area contributed by atoms with Gasteiger partial charge in [-0.2, -0.15) is 0 Å². The lowest BCUT2D eigenvalue weighted by Gasteiger charge is -2.12. The molecule has 2 aromatic rings. The van der Waals surface area contributed by atoms with E-state index in [1.165, 1.54) is 0 Å². The lowest BCUT2D eigenvalue weighted by Crippen LogP contribution is -2.17. The van der Waals surface area contributed by atoms with Gasteiger partial charge in [0.25, 0.3) is 0 Å². The minimum Gasteiger partial charge on any atom is -0.468 e. The van der Waals surface area contributed by atoms with Crippen LogP contribution in [0.25, 0.3) is 0 Å². The van der Waals surface area contributed by atoms with Gasteiger partial charge in [0.15, 0.2) is 11.5 Å². The predicted molar refractivity (Wildman–Crippen MR) is 74.2 cm³/mol. The first-order chi connectivity index (χ1) is 9.24. The van der Waals surface area contributed by atoms with Crippen molar-refractivity contribution >= 4 is 15.9 Å². The number of furan rings is 1. The van der Waals surface area contributed by atoms with Crippen LogP contribution in [0.1, 0.15) is 24.3 Å². The van der Waals surface area contributed by atoms with Crippen LogP contribution >= 0.6 is 15.9 Å². The quantitative estimate of drug-likeness (QED) is 0.933. The second-order valence-corrected chi connectivity index (χ2v) is 5.27. The zero-order valence-corrected chi connectivity index (χ0v) is 12.1. The Morgan fingerprint density at radius 2 is 2.11 bits per heavy atom. The third-order valence-electron chi connectivity index (χ3n) is 3.11. The highest BCUT2D eigenvalue weighted by atomic mass is 79.9. The maximum atomic E-state index is 5.38. The fourth-order valence-corrected chi connectivity index (χ4v) is 2.46. The molecule has 0 amide bonds. The van der Waals surface area contributed by atoms with Crippen molar-refractivity contribution in [2.45, 2.75) is 19.5 Å². The number of halogens is 1. The van der Waals surface area contributed by atoms with Crippen LogP contribution in [-0.2, 0) is 6.54 Å². The first-order valence-electron chi connectivity index (χ1n) is 6.09. The molecule has 0 fully saturated rings.